The molecule has 0 amide bonds. The minimum absolute atomic E-state index is 0.131. The van der Waals surface area contributed by atoms with Gasteiger partial charge in [0, 0.05) is 13.5 Å². The third-order valence-corrected chi connectivity index (χ3v) is 4.61. The molecule has 1 saturated heterocycles. The second kappa shape index (κ2) is 4.66. The zero-order chi connectivity index (χ0) is 11.8. The summed E-state index contributed by atoms with van der Waals surface area (Å²) in [5.41, 5.74) is 0.131. The van der Waals surface area contributed by atoms with Crippen LogP contribution in [0.5, 0.6) is 0 Å². The first kappa shape index (κ1) is 12.4. The molecule has 16 heavy (non-hydrogen) atoms. The Morgan fingerprint density at radius 1 is 1.25 bits per heavy atom. The van der Waals surface area contributed by atoms with Gasteiger partial charge in [0.1, 0.15) is 0 Å². The lowest BCUT2D eigenvalue weighted by Crippen LogP contribution is -2.45. The Hall–Kier alpha value is -0.0800. The van der Waals surface area contributed by atoms with Crippen LogP contribution in [0, 0.1) is 17.8 Å². The van der Waals surface area contributed by atoms with Crippen molar-refractivity contribution in [1.29, 1.82) is 0 Å². The molecule has 1 aliphatic heterocycles. The van der Waals surface area contributed by atoms with E-state index in [0.29, 0.717) is 6.10 Å². The minimum Gasteiger partial charge on any atom is -0.379 e. The fourth-order valence-corrected chi connectivity index (χ4v) is 3.83. The Morgan fingerprint density at radius 3 is 2.56 bits per heavy atom. The van der Waals surface area contributed by atoms with Gasteiger partial charge in [-0.1, -0.05) is 27.2 Å². The lowest BCUT2D eigenvalue weighted by molar-refractivity contribution is -0.0961. The average Bonchev–Trinajstić information content (AvgIpc) is 2.61. The van der Waals surface area contributed by atoms with Crippen LogP contribution in [-0.4, -0.2) is 25.4 Å². The number of hydrogen-bond donors (Lipinski definition) is 0. The SMILES string of the molecule is COC1CO[C@@]2(C1)C[C@H](C)CC[C@H]2C(C)C. The third-order valence-electron chi connectivity index (χ3n) is 4.61. The van der Waals surface area contributed by atoms with Gasteiger partial charge in [-0.05, 0) is 30.6 Å². The molecule has 1 saturated carbocycles. The van der Waals surface area contributed by atoms with Crippen LogP contribution >= 0.6 is 0 Å². The van der Waals surface area contributed by atoms with E-state index in [2.05, 4.69) is 20.8 Å². The molecule has 2 rings (SSSR count). The Labute approximate surface area is 99.7 Å². The van der Waals surface area contributed by atoms with Crippen molar-refractivity contribution in [2.45, 2.75) is 58.2 Å². The van der Waals surface area contributed by atoms with E-state index in [1.54, 1.807) is 0 Å². The summed E-state index contributed by atoms with van der Waals surface area (Å²) in [5, 5.41) is 0. The molecular weight excluding hydrogens is 200 g/mol. The predicted molar refractivity (Wildman–Crippen MR) is 65.4 cm³/mol. The highest BCUT2D eigenvalue weighted by Crippen LogP contribution is 2.48. The van der Waals surface area contributed by atoms with Gasteiger partial charge in [0.25, 0.3) is 0 Å². The van der Waals surface area contributed by atoms with Gasteiger partial charge in [-0.3, -0.25) is 0 Å². The smallest absolute Gasteiger partial charge is 0.0832 e. The van der Waals surface area contributed by atoms with E-state index in [1.807, 2.05) is 7.11 Å². The molecule has 1 unspecified atom stereocenters. The van der Waals surface area contributed by atoms with Crippen molar-refractivity contribution in [3.05, 3.63) is 0 Å². The van der Waals surface area contributed by atoms with Gasteiger partial charge in [-0.15, -0.1) is 0 Å². The van der Waals surface area contributed by atoms with E-state index in [1.165, 1.54) is 19.3 Å². The molecule has 0 radical (unpaired) electrons. The van der Waals surface area contributed by atoms with E-state index in [9.17, 15) is 0 Å². The number of methoxy groups -OCH3 is 1. The van der Waals surface area contributed by atoms with Crippen LogP contribution in [0.25, 0.3) is 0 Å². The molecule has 2 aliphatic rings. The zero-order valence-corrected chi connectivity index (χ0v) is 11.2. The summed E-state index contributed by atoms with van der Waals surface area (Å²) in [7, 11) is 1.81. The summed E-state index contributed by atoms with van der Waals surface area (Å²) in [6.07, 6.45) is 5.36. The van der Waals surface area contributed by atoms with Crippen LogP contribution in [-0.2, 0) is 9.47 Å². The highest BCUT2D eigenvalue weighted by molar-refractivity contribution is 5.00. The van der Waals surface area contributed by atoms with Crippen molar-refractivity contribution in [1.82, 2.24) is 0 Å². The first-order valence-electron chi connectivity index (χ1n) is 6.74. The molecule has 1 heterocycles. The Kier molecular flexibility index (Phi) is 3.60. The second-order valence-corrected chi connectivity index (χ2v) is 6.17. The van der Waals surface area contributed by atoms with Crippen LogP contribution in [0.1, 0.15) is 46.5 Å². The topological polar surface area (TPSA) is 18.5 Å². The van der Waals surface area contributed by atoms with Crippen molar-refractivity contribution in [3.8, 4) is 0 Å². The summed E-state index contributed by atoms with van der Waals surface area (Å²) >= 11 is 0. The molecule has 0 bridgehead atoms. The Balaban J connectivity index is 2.13. The summed E-state index contributed by atoms with van der Waals surface area (Å²) in [6.45, 7) is 7.84. The second-order valence-electron chi connectivity index (χ2n) is 6.17. The fraction of sp³-hybridized carbons (Fsp3) is 1.00. The van der Waals surface area contributed by atoms with E-state index in [0.717, 1.165) is 30.8 Å². The molecule has 1 aliphatic carbocycles. The summed E-state index contributed by atoms with van der Waals surface area (Å²) in [5.74, 6) is 2.26. The molecular formula is C14H26O2. The highest BCUT2D eigenvalue weighted by atomic mass is 16.6. The van der Waals surface area contributed by atoms with Crippen LogP contribution in [0.4, 0.5) is 0 Å². The van der Waals surface area contributed by atoms with Crippen LogP contribution in [0.2, 0.25) is 0 Å². The van der Waals surface area contributed by atoms with E-state index in [-0.39, 0.29) is 5.60 Å². The van der Waals surface area contributed by atoms with E-state index >= 15 is 0 Å². The Bertz CT molecular complexity index is 239. The predicted octanol–water partition coefficient (Wildman–Crippen LogP) is 3.25. The molecule has 2 fully saturated rings. The molecule has 94 valence electrons. The van der Waals surface area contributed by atoms with Crippen molar-refractivity contribution in [2.75, 3.05) is 13.7 Å². The van der Waals surface area contributed by atoms with Gasteiger partial charge < -0.3 is 9.47 Å². The maximum atomic E-state index is 6.20. The molecule has 0 N–H and O–H groups in total. The van der Waals surface area contributed by atoms with Gasteiger partial charge in [0.05, 0.1) is 18.3 Å². The quantitative estimate of drug-likeness (QED) is 0.719. The van der Waals surface area contributed by atoms with Gasteiger partial charge in [-0.2, -0.15) is 0 Å². The number of rotatable bonds is 2. The molecule has 0 aromatic heterocycles. The number of hydrogen-bond acceptors (Lipinski definition) is 2. The summed E-state index contributed by atoms with van der Waals surface area (Å²) in [4.78, 5) is 0. The third kappa shape index (κ3) is 2.14. The molecule has 1 spiro atoms. The van der Waals surface area contributed by atoms with Crippen molar-refractivity contribution < 1.29 is 9.47 Å². The first-order valence-corrected chi connectivity index (χ1v) is 6.74. The maximum Gasteiger partial charge on any atom is 0.0832 e. The van der Waals surface area contributed by atoms with Gasteiger partial charge in [0.15, 0.2) is 0 Å². The largest absolute Gasteiger partial charge is 0.379 e. The Morgan fingerprint density at radius 2 is 2.00 bits per heavy atom. The normalized spacial score (nSPS) is 44.4. The monoisotopic (exact) mass is 226 g/mol. The van der Waals surface area contributed by atoms with Crippen molar-refractivity contribution in [3.63, 3.8) is 0 Å². The maximum absolute atomic E-state index is 6.20. The molecule has 2 heteroatoms. The van der Waals surface area contributed by atoms with Gasteiger partial charge >= 0.3 is 0 Å². The minimum atomic E-state index is 0.131. The van der Waals surface area contributed by atoms with Gasteiger partial charge in [-0.25, -0.2) is 0 Å². The van der Waals surface area contributed by atoms with E-state index in [4.69, 9.17) is 9.47 Å². The standard InChI is InChI=1S/C14H26O2/c1-10(2)13-6-5-11(3)7-14(13)8-12(15-4)9-16-14/h10-13H,5-9H2,1-4H3/t11-,12?,13+,14-/m1/s1. The summed E-state index contributed by atoms with van der Waals surface area (Å²) < 4.78 is 11.7. The van der Waals surface area contributed by atoms with E-state index < -0.39 is 0 Å². The molecule has 2 nitrogen and oxygen atoms in total. The van der Waals surface area contributed by atoms with Crippen LogP contribution < -0.4 is 0 Å². The first-order chi connectivity index (χ1) is 7.57. The highest BCUT2D eigenvalue weighted by Gasteiger charge is 2.50. The summed E-state index contributed by atoms with van der Waals surface area (Å²) in [6, 6.07) is 0. The average molecular weight is 226 g/mol. The molecule has 0 aromatic carbocycles. The zero-order valence-electron chi connectivity index (χ0n) is 11.2. The van der Waals surface area contributed by atoms with Crippen LogP contribution in [0.15, 0.2) is 0 Å². The lowest BCUT2D eigenvalue weighted by atomic mass is 9.66. The van der Waals surface area contributed by atoms with Crippen molar-refractivity contribution in [2.24, 2.45) is 17.8 Å². The van der Waals surface area contributed by atoms with Gasteiger partial charge in [0.2, 0.25) is 0 Å². The van der Waals surface area contributed by atoms with Crippen molar-refractivity contribution >= 4 is 0 Å². The molecule has 4 atom stereocenters. The number of ether oxygens (including phenoxy) is 2. The van der Waals surface area contributed by atoms with Crippen LogP contribution in [0.3, 0.4) is 0 Å². The fourth-order valence-electron chi connectivity index (χ4n) is 3.83. The lowest BCUT2D eigenvalue weighted by Gasteiger charge is -2.45. The molecule has 0 aromatic rings.